The summed E-state index contributed by atoms with van der Waals surface area (Å²) in [6.45, 7) is 13.6. The van der Waals surface area contributed by atoms with Gasteiger partial charge in [0.1, 0.15) is 5.78 Å². The van der Waals surface area contributed by atoms with E-state index in [1.54, 1.807) is 18.7 Å². The van der Waals surface area contributed by atoms with Crippen LogP contribution in [-0.4, -0.2) is 5.78 Å². The van der Waals surface area contributed by atoms with E-state index in [2.05, 4.69) is 31.0 Å². The monoisotopic (exact) mass is 388 g/mol. The van der Waals surface area contributed by atoms with Crippen molar-refractivity contribution in [2.75, 3.05) is 0 Å². The number of hydrogen-bond donors (Lipinski definition) is 0. The molecule has 0 fully saturated rings. The Morgan fingerprint density at radius 2 is 1.50 bits per heavy atom. The average molecular weight is 389 g/mol. The van der Waals surface area contributed by atoms with Gasteiger partial charge in [0.05, 0.1) is 0 Å². The molecule has 0 bridgehead atoms. The lowest BCUT2D eigenvalue weighted by Gasteiger charge is -2.04. The number of rotatable bonds is 5. The van der Waals surface area contributed by atoms with Crippen molar-refractivity contribution < 1.29 is 4.79 Å². The van der Waals surface area contributed by atoms with E-state index in [9.17, 15) is 4.79 Å². The van der Waals surface area contributed by atoms with E-state index < -0.39 is 0 Å². The fraction of sp³-hybridized carbons (Fsp3) is 0.261. The zero-order chi connectivity index (χ0) is 19.9. The Hall–Kier alpha value is -1.77. The van der Waals surface area contributed by atoms with Gasteiger partial charge in [0.25, 0.3) is 0 Å². The summed E-state index contributed by atoms with van der Waals surface area (Å²) in [5, 5.41) is 2.89. The van der Waals surface area contributed by atoms with E-state index in [-0.39, 0.29) is 5.78 Å². The molecule has 0 unspecified atom stereocenters. The molecular weight excluding hydrogens is 360 g/mol. The molecule has 0 aromatic heterocycles. The number of allylic oxidation sites excluding steroid dienone is 1. The highest BCUT2D eigenvalue weighted by Crippen LogP contribution is 2.29. The molecule has 3 heteroatoms. The van der Waals surface area contributed by atoms with Gasteiger partial charge in [-0.1, -0.05) is 93.2 Å². The van der Waals surface area contributed by atoms with Crippen molar-refractivity contribution in [3.8, 4) is 0 Å². The number of carbonyl (C=O) groups is 1. The molecule has 2 aromatic carbocycles. The van der Waals surface area contributed by atoms with Crippen molar-refractivity contribution in [2.24, 2.45) is 0 Å². The van der Waals surface area contributed by atoms with Crippen molar-refractivity contribution in [2.45, 2.75) is 41.0 Å². The molecule has 2 aromatic rings. The normalized spacial score (nSPS) is 10.0. The van der Waals surface area contributed by atoms with Crippen molar-refractivity contribution >= 4 is 39.6 Å². The molecule has 0 saturated heterocycles. The lowest BCUT2D eigenvalue weighted by Crippen LogP contribution is -1.80. The molecule has 0 heterocycles. The standard InChI is InChI=1S/C17H15ClS.C4H8O.C2H6/c1-13(15-8-10-17(18)11-9-15)12-19-14(2)16-6-4-3-5-7-16;1-3-4(2)5;1-2/h3-12H,2H2,1H3;3H2,1-2H3;1-2H3/b13-12+;;. The molecule has 0 atom stereocenters. The van der Waals surface area contributed by atoms with Crippen LogP contribution in [0.5, 0.6) is 0 Å². The summed E-state index contributed by atoms with van der Waals surface area (Å²) in [5.74, 6) is 0.255. The van der Waals surface area contributed by atoms with Crippen molar-refractivity contribution in [3.05, 3.63) is 82.7 Å². The van der Waals surface area contributed by atoms with Gasteiger partial charge in [0.15, 0.2) is 0 Å². The highest BCUT2D eigenvalue weighted by Gasteiger charge is 1.99. The topological polar surface area (TPSA) is 17.1 Å². The molecule has 0 radical (unpaired) electrons. The Morgan fingerprint density at radius 3 is 1.96 bits per heavy atom. The average Bonchev–Trinajstić information content (AvgIpc) is 2.69. The van der Waals surface area contributed by atoms with Crippen molar-refractivity contribution in [1.82, 2.24) is 0 Å². The molecule has 0 spiro atoms. The zero-order valence-corrected chi connectivity index (χ0v) is 18.0. The van der Waals surface area contributed by atoms with Crippen LogP contribution in [0.4, 0.5) is 0 Å². The summed E-state index contributed by atoms with van der Waals surface area (Å²) in [7, 11) is 0. The van der Waals surface area contributed by atoms with Gasteiger partial charge < -0.3 is 4.79 Å². The summed E-state index contributed by atoms with van der Waals surface area (Å²) < 4.78 is 0. The maximum absolute atomic E-state index is 9.81. The number of Topliss-reactive ketones (excluding diaryl/α,β-unsaturated/α-hetero) is 1. The van der Waals surface area contributed by atoms with E-state index in [4.69, 9.17) is 11.6 Å². The molecule has 0 saturated carbocycles. The number of thioether (sulfide) groups is 1. The lowest BCUT2D eigenvalue weighted by molar-refractivity contribution is -0.116. The first-order chi connectivity index (χ1) is 12.4. The molecule has 0 aliphatic carbocycles. The van der Waals surface area contributed by atoms with Crippen LogP contribution in [0.15, 0.2) is 66.6 Å². The number of carbonyl (C=O) groups excluding carboxylic acids is 1. The third kappa shape index (κ3) is 10.3. The van der Waals surface area contributed by atoms with E-state index >= 15 is 0 Å². The van der Waals surface area contributed by atoms with Crippen LogP contribution in [0.25, 0.3) is 10.5 Å². The van der Waals surface area contributed by atoms with E-state index in [0.717, 1.165) is 15.5 Å². The maximum Gasteiger partial charge on any atom is 0.129 e. The Balaban J connectivity index is 0.000000772. The first-order valence-electron chi connectivity index (χ1n) is 8.77. The minimum Gasteiger partial charge on any atom is -0.300 e. The summed E-state index contributed by atoms with van der Waals surface area (Å²) in [5.41, 5.74) is 3.55. The zero-order valence-electron chi connectivity index (χ0n) is 16.4. The third-order valence-electron chi connectivity index (χ3n) is 3.27. The van der Waals surface area contributed by atoms with Gasteiger partial charge in [0.2, 0.25) is 0 Å². The molecular formula is C23H29ClOS. The van der Waals surface area contributed by atoms with Gasteiger partial charge in [-0.05, 0) is 48.1 Å². The van der Waals surface area contributed by atoms with E-state index in [0.29, 0.717) is 6.42 Å². The van der Waals surface area contributed by atoms with Crippen LogP contribution in [0.2, 0.25) is 5.02 Å². The van der Waals surface area contributed by atoms with Crippen LogP contribution in [0, 0.1) is 0 Å². The van der Waals surface area contributed by atoms with Crippen molar-refractivity contribution in [1.29, 1.82) is 0 Å². The lowest BCUT2D eigenvalue weighted by atomic mass is 10.1. The first-order valence-corrected chi connectivity index (χ1v) is 10.0. The Bertz CT molecular complexity index is 688. The van der Waals surface area contributed by atoms with E-state index in [1.807, 2.05) is 63.2 Å². The molecule has 0 N–H and O–H groups in total. The third-order valence-corrected chi connectivity index (χ3v) is 4.51. The fourth-order valence-electron chi connectivity index (χ4n) is 1.63. The summed E-state index contributed by atoms with van der Waals surface area (Å²) in [6.07, 6.45) is 0.667. The minimum atomic E-state index is 0.255. The molecule has 1 nitrogen and oxygen atoms in total. The van der Waals surface area contributed by atoms with Crippen LogP contribution in [0.1, 0.15) is 52.2 Å². The summed E-state index contributed by atoms with van der Waals surface area (Å²) in [4.78, 5) is 10.9. The van der Waals surface area contributed by atoms with E-state index in [1.165, 1.54) is 11.1 Å². The summed E-state index contributed by atoms with van der Waals surface area (Å²) >= 11 is 7.53. The number of benzene rings is 2. The molecule has 0 amide bonds. The smallest absolute Gasteiger partial charge is 0.129 e. The predicted octanol–water partition coefficient (Wildman–Crippen LogP) is 8.12. The fourth-order valence-corrected chi connectivity index (χ4v) is 2.49. The highest BCUT2D eigenvalue weighted by atomic mass is 35.5. The molecule has 0 aliphatic heterocycles. The Morgan fingerprint density at radius 1 is 1.00 bits per heavy atom. The second-order valence-corrected chi connectivity index (χ2v) is 6.67. The van der Waals surface area contributed by atoms with Gasteiger partial charge in [-0.15, -0.1) is 0 Å². The summed E-state index contributed by atoms with van der Waals surface area (Å²) in [6, 6.07) is 18.1. The van der Waals surface area contributed by atoms with Crippen LogP contribution in [-0.2, 0) is 4.79 Å². The molecule has 2 rings (SSSR count). The van der Waals surface area contributed by atoms with Crippen LogP contribution in [0.3, 0.4) is 0 Å². The largest absolute Gasteiger partial charge is 0.300 e. The molecule has 26 heavy (non-hydrogen) atoms. The minimum absolute atomic E-state index is 0.255. The van der Waals surface area contributed by atoms with Gasteiger partial charge in [-0.3, -0.25) is 0 Å². The second kappa shape index (κ2) is 14.4. The van der Waals surface area contributed by atoms with Crippen molar-refractivity contribution in [3.63, 3.8) is 0 Å². The Labute approximate surface area is 168 Å². The SMILES string of the molecule is C=C(S/C=C(\C)c1ccc(Cl)cc1)c1ccccc1.CC.CCC(C)=O. The number of ketones is 1. The quantitative estimate of drug-likeness (QED) is 0.514. The number of halogens is 1. The second-order valence-electron chi connectivity index (χ2n) is 5.27. The van der Waals surface area contributed by atoms with Gasteiger partial charge in [-0.25, -0.2) is 0 Å². The predicted molar refractivity (Wildman–Crippen MR) is 120 cm³/mol. The van der Waals surface area contributed by atoms with Gasteiger partial charge in [0, 0.05) is 16.3 Å². The molecule has 140 valence electrons. The van der Waals surface area contributed by atoms with Gasteiger partial charge in [-0.2, -0.15) is 0 Å². The molecule has 0 aliphatic rings. The number of hydrogen-bond acceptors (Lipinski definition) is 2. The Kier molecular flexibility index (Phi) is 13.4. The first kappa shape index (κ1) is 24.2. The van der Waals surface area contributed by atoms with Crippen LogP contribution >= 0.6 is 23.4 Å². The van der Waals surface area contributed by atoms with Gasteiger partial charge >= 0.3 is 0 Å². The maximum atomic E-state index is 9.81. The highest BCUT2D eigenvalue weighted by molar-refractivity contribution is 8.11. The van der Waals surface area contributed by atoms with Crippen LogP contribution < -0.4 is 0 Å².